The molecule has 0 saturated carbocycles. The maximum absolute atomic E-state index is 11.5. The Kier molecular flexibility index (Phi) is 4.15. The smallest absolute Gasteiger partial charge is 0.261 e. The Morgan fingerprint density at radius 2 is 1.90 bits per heavy atom. The van der Waals surface area contributed by atoms with Crippen molar-refractivity contribution in [1.82, 2.24) is 9.97 Å². The summed E-state index contributed by atoms with van der Waals surface area (Å²) in [6.07, 6.45) is 1.24. The molecule has 0 aliphatic heterocycles. The van der Waals surface area contributed by atoms with Crippen LogP contribution in [0.15, 0.2) is 30.6 Å². The molecule has 0 aliphatic rings. The summed E-state index contributed by atoms with van der Waals surface area (Å²) in [6.45, 7) is 0. The van der Waals surface area contributed by atoms with E-state index in [2.05, 4.69) is 9.97 Å². The molecule has 0 aliphatic carbocycles. The zero-order valence-corrected chi connectivity index (χ0v) is 11.9. The molecule has 0 saturated heterocycles. The van der Waals surface area contributed by atoms with Crippen molar-refractivity contribution >= 4 is 28.7 Å². The maximum atomic E-state index is 11.5. The Morgan fingerprint density at radius 3 is 2.43 bits per heavy atom. The predicted molar refractivity (Wildman–Crippen MR) is 79.6 cm³/mol. The van der Waals surface area contributed by atoms with Crippen molar-refractivity contribution in [3.63, 3.8) is 0 Å². The molecule has 5 N–H and O–H groups in total. The summed E-state index contributed by atoms with van der Waals surface area (Å²) >= 11 is -2.11. The normalized spacial score (nSPS) is 11.9. The first-order chi connectivity index (χ1) is 9.91. The first kappa shape index (κ1) is 14.9. The van der Waals surface area contributed by atoms with Gasteiger partial charge in [-0.2, -0.15) is 0 Å². The van der Waals surface area contributed by atoms with Gasteiger partial charge in [0.1, 0.15) is 17.7 Å². The minimum Gasteiger partial charge on any atom is -0.383 e. The maximum Gasteiger partial charge on any atom is 0.261 e. The fourth-order valence-electron chi connectivity index (χ4n) is 1.78. The van der Waals surface area contributed by atoms with Gasteiger partial charge in [-0.05, 0) is 12.1 Å². The van der Waals surface area contributed by atoms with Crippen LogP contribution in [-0.2, 0) is 11.3 Å². The number of nitrogen functional groups attached to an aromatic ring is 1. The fraction of sp³-hybridized carbons (Fsp3) is 0.0833. The monoisotopic (exact) mass is 307 g/mol. The van der Waals surface area contributed by atoms with Crippen molar-refractivity contribution in [3.05, 3.63) is 36.2 Å². The van der Waals surface area contributed by atoms with Gasteiger partial charge in [-0.3, -0.25) is 13.7 Å². The number of nitrogens with zero attached hydrogens (tertiary/aromatic N) is 3. The highest BCUT2D eigenvalue weighted by Crippen LogP contribution is 2.26. The Balaban J connectivity index is 2.47. The molecule has 0 spiro atoms. The van der Waals surface area contributed by atoms with Gasteiger partial charge in [-0.1, -0.05) is 12.1 Å². The van der Waals surface area contributed by atoms with Crippen molar-refractivity contribution in [2.45, 2.75) is 0 Å². The molecule has 1 atom stereocenters. The van der Waals surface area contributed by atoms with Crippen LogP contribution in [0.25, 0.3) is 11.3 Å². The summed E-state index contributed by atoms with van der Waals surface area (Å²) in [4.78, 5) is 19.2. The van der Waals surface area contributed by atoms with E-state index in [0.29, 0.717) is 16.9 Å². The SMILES string of the molecule is CN(c1ccc(-c2ncnc(N)c2C(N)=O)cc1)S(=O)O. The highest BCUT2D eigenvalue weighted by atomic mass is 32.2. The lowest BCUT2D eigenvalue weighted by Crippen LogP contribution is -2.19. The van der Waals surface area contributed by atoms with Crippen molar-refractivity contribution in [3.8, 4) is 11.3 Å². The van der Waals surface area contributed by atoms with Gasteiger partial charge in [-0.15, -0.1) is 0 Å². The summed E-state index contributed by atoms with van der Waals surface area (Å²) in [5.74, 6) is -0.717. The van der Waals surface area contributed by atoms with Gasteiger partial charge < -0.3 is 11.5 Å². The topological polar surface area (TPSA) is 135 Å². The van der Waals surface area contributed by atoms with Gasteiger partial charge >= 0.3 is 0 Å². The molecule has 1 unspecified atom stereocenters. The van der Waals surface area contributed by atoms with Gasteiger partial charge in [0.25, 0.3) is 17.2 Å². The van der Waals surface area contributed by atoms with Crippen LogP contribution in [0.3, 0.4) is 0 Å². The van der Waals surface area contributed by atoms with Gasteiger partial charge in [-0.25, -0.2) is 14.2 Å². The molecule has 9 heteroatoms. The van der Waals surface area contributed by atoms with E-state index in [0.717, 1.165) is 0 Å². The van der Waals surface area contributed by atoms with Crippen molar-refractivity contribution in [2.75, 3.05) is 17.1 Å². The quantitative estimate of drug-likeness (QED) is 0.699. The molecule has 1 heterocycles. The molecule has 0 radical (unpaired) electrons. The molecule has 21 heavy (non-hydrogen) atoms. The average Bonchev–Trinajstić information content (AvgIpc) is 2.46. The van der Waals surface area contributed by atoms with Crippen LogP contribution >= 0.6 is 0 Å². The number of hydrogen-bond donors (Lipinski definition) is 3. The molecule has 0 fully saturated rings. The van der Waals surface area contributed by atoms with Crippen LogP contribution in [-0.4, -0.2) is 31.7 Å². The van der Waals surface area contributed by atoms with E-state index in [1.807, 2.05) is 0 Å². The number of aromatic nitrogens is 2. The van der Waals surface area contributed by atoms with Gasteiger partial charge in [0.05, 0.1) is 11.4 Å². The lowest BCUT2D eigenvalue weighted by Gasteiger charge is -2.14. The molecule has 0 bridgehead atoms. The largest absolute Gasteiger partial charge is 0.383 e. The number of carbonyl (C=O) groups is 1. The molecule has 2 aromatic rings. The van der Waals surface area contributed by atoms with E-state index in [9.17, 15) is 9.00 Å². The third-order valence-electron chi connectivity index (χ3n) is 2.86. The van der Waals surface area contributed by atoms with Gasteiger partial charge in [0.15, 0.2) is 0 Å². The molecule has 110 valence electrons. The van der Waals surface area contributed by atoms with E-state index in [1.54, 1.807) is 24.3 Å². The van der Waals surface area contributed by atoms with E-state index >= 15 is 0 Å². The zero-order valence-electron chi connectivity index (χ0n) is 11.1. The molecule has 2 rings (SSSR count). The molecule has 1 aromatic carbocycles. The van der Waals surface area contributed by atoms with E-state index in [-0.39, 0.29) is 11.4 Å². The molecular formula is C12H13N5O3S. The Labute approximate surface area is 123 Å². The number of nitrogens with two attached hydrogens (primary N) is 2. The highest BCUT2D eigenvalue weighted by Gasteiger charge is 2.16. The minimum atomic E-state index is -2.11. The minimum absolute atomic E-state index is 0.00477. The van der Waals surface area contributed by atoms with Crippen LogP contribution in [0.5, 0.6) is 0 Å². The van der Waals surface area contributed by atoms with Crippen LogP contribution in [0.4, 0.5) is 11.5 Å². The third kappa shape index (κ3) is 2.98. The summed E-state index contributed by atoms with van der Waals surface area (Å²) in [5.41, 5.74) is 12.4. The molecule has 8 nitrogen and oxygen atoms in total. The molecule has 1 amide bonds. The predicted octanol–water partition coefficient (Wildman–Crippen LogP) is 0.398. The van der Waals surface area contributed by atoms with Gasteiger partial charge in [0, 0.05) is 12.6 Å². The summed E-state index contributed by atoms with van der Waals surface area (Å²) in [7, 11) is 1.47. The number of amides is 1. The highest BCUT2D eigenvalue weighted by molar-refractivity contribution is 7.80. The van der Waals surface area contributed by atoms with Gasteiger partial charge in [0.2, 0.25) is 0 Å². The van der Waals surface area contributed by atoms with Crippen LogP contribution in [0.2, 0.25) is 0 Å². The first-order valence-electron chi connectivity index (χ1n) is 5.77. The van der Waals surface area contributed by atoms with Crippen LogP contribution < -0.4 is 15.8 Å². The second-order valence-electron chi connectivity index (χ2n) is 4.12. The van der Waals surface area contributed by atoms with E-state index < -0.39 is 17.2 Å². The number of carbonyl (C=O) groups excluding carboxylic acids is 1. The molecule has 1 aromatic heterocycles. The second kappa shape index (κ2) is 5.85. The van der Waals surface area contributed by atoms with E-state index in [4.69, 9.17) is 16.0 Å². The van der Waals surface area contributed by atoms with Crippen molar-refractivity contribution in [2.24, 2.45) is 5.73 Å². The first-order valence-corrected chi connectivity index (χ1v) is 6.83. The van der Waals surface area contributed by atoms with Crippen LogP contribution in [0, 0.1) is 0 Å². The lowest BCUT2D eigenvalue weighted by atomic mass is 10.1. The lowest BCUT2D eigenvalue weighted by molar-refractivity contribution is 0.100. The Hall–Kier alpha value is -2.52. The second-order valence-corrected chi connectivity index (χ2v) is 5.13. The average molecular weight is 307 g/mol. The number of anilines is 2. The number of primary amides is 1. The zero-order chi connectivity index (χ0) is 15.6. The molecular weight excluding hydrogens is 294 g/mol. The van der Waals surface area contributed by atoms with Crippen LogP contribution in [0.1, 0.15) is 10.4 Å². The number of benzene rings is 1. The summed E-state index contributed by atoms with van der Waals surface area (Å²) in [5, 5.41) is 0. The van der Waals surface area contributed by atoms with Crippen molar-refractivity contribution in [1.29, 1.82) is 0 Å². The Morgan fingerprint density at radius 1 is 1.29 bits per heavy atom. The Bertz CT molecular complexity index is 705. The van der Waals surface area contributed by atoms with E-state index in [1.165, 1.54) is 17.7 Å². The standard InChI is InChI=1S/C12H13N5O3S/c1-17(21(19)20)8-4-2-7(3-5-8)10-9(12(14)18)11(13)16-6-15-10/h2-6H,1H3,(H2,14,18)(H,19,20)(H2,13,15,16). The summed E-state index contributed by atoms with van der Waals surface area (Å²) in [6, 6.07) is 6.53. The number of rotatable bonds is 4. The number of hydrogen-bond acceptors (Lipinski definition) is 5. The van der Waals surface area contributed by atoms with Crippen molar-refractivity contribution < 1.29 is 13.6 Å². The summed E-state index contributed by atoms with van der Waals surface area (Å²) < 4.78 is 21.2. The fourth-order valence-corrected chi connectivity index (χ4v) is 2.08. The third-order valence-corrected chi connectivity index (χ3v) is 3.54.